The summed E-state index contributed by atoms with van der Waals surface area (Å²) in [6.45, 7) is 7.62. The predicted octanol–water partition coefficient (Wildman–Crippen LogP) is 1.97. The van der Waals surface area contributed by atoms with Crippen molar-refractivity contribution in [1.82, 2.24) is 4.90 Å². The van der Waals surface area contributed by atoms with Gasteiger partial charge in [-0.2, -0.15) is 12.8 Å². The van der Waals surface area contributed by atoms with Crippen molar-refractivity contribution in [1.29, 1.82) is 0 Å². The molecule has 1 amide bonds. The van der Waals surface area contributed by atoms with E-state index in [4.69, 9.17) is 0 Å². The van der Waals surface area contributed by atoms with E-state index >= 15 is 0 Å². The van der Waals surface area contributed by atoms with Crippen LogP contribution in [0.1, 0.15) is 32.1 Å². The van der Waals surface area contributed by atoms with Gasteiger partial charge in [0.05, 0.1) is 0 Å². The Labute approximate surface area is 137 Å². The minimum Gasteiger partial charge on any atom is -0.542 e. The smallest absolute Gasteiger partial charge is 0.542 e. The second-order valence-corrected chi connectivity index (χ2v) is 3.06. The molecular weight excluding hydrogens is 477 g/mol. The van der Waals surface area contributed by atoms with Crippen LogP contribution in [0.2, 0.25) is 0 Å². The van der Waals surface area contributed by atoms with E-state index < -0.39 is 0 Å². The zero-order valence-electron chi connectivity index (χ0n) is 8.96. The molecule has 2 nitrogen and oxygen atoms in total. The maximum absolute atomic E-state index is 10.2. The van der Waals surface area contributed by atoms with Gasteiger partial charge in [0.25, 0.3) is 0 Å². The van der Waals surface area contributed by atoms with Gasteiger partial charge in [-0.3, -0.25) is 0 Å². The second kappa shape index (κ2) is 14.6. The van der Waals surface area contributed by atoms with Crippen LogP contribution in [0.5, 0.6) is 0 Å². The van der Waals surface area contributed by atoms with Gasteiger partial charge in [-0.15, -0.1) is 6.04 Å². The number of unbranched alkanes of at least 4 members (excludes halogenated alkanes) is 3. The maximum atomic E-state index is 10.2. The molecule has 4 heteroatoms. The van der Waals surface area contributed by atoms with Gasteiger partial charge in [-0.1, -0.05) is 25.7 Å². The van der Waals surface area contributed by atoms with Crippen molar-refractivity contribution in [3.8, 4) is 0 Å². The predicted molar refractivity (Wildman–Crippen MR) is 51.0 cm³/mol. The molecule has 0 unspecified atom stereocenters. The van der Waals surface area contributed by atoms with E-state index in [-0.39, 0.29) is 69.9 Å². The van der Waals surface area contributed by atoms with Gasteiger partial charge in [0.1, 0.15) is 0 Å². The minimum absolute atomic E-state index is 0. The van der Waals surface area contributed by atoms with Gasteiger partial charge in [0, 0.05) is 32.7 Å². The number of rotatable bonds is 7. The van der Waals surface area contributed by atoms with Crippen LogP contribution in [-0.4, -0.2) is 24.4 Å². The van der Waals surface area contributed by atoms with Crippen LogP contribution in [0.15, 0.2) is 0 Å². The molecule has 0 rings (SSSR count). The van der Waals surface area contributed by atoms with E-state index in [0.717, 1.165) is 19.3 Å². The Bertz CT molecular complexity index is 125. The first-order valence-electron chi connectivity index (χ1n) is 4.45. The molecule has 0 aliphatic heterocycles. The van der Waals surface area contributed by atoms with Crippen LogP contribution in [0.25, 0.3) is 0 Å². The Balaban J connectivity index is -0.000000605. The van der Waals surface area contributed by atoms with Crippen molar-refractivity contribution in [3.63, 3.8) is 0 Å². The van der Waals surface area contributed by atoms with Crippen molar-refractivity contribution < 1.29 is 68.6 Å². The monoisotopic (exact) mass is 495 g/mol. The molecule has 77 valence electrons. The molecule has 0 aromatic carbocycles. The Morgan fingerprint density at radius 3 is 2.36 bits per heavy atom. The fourth-order valence-electron chi connectivity index (χ4n) is 1.00. The average Bonchev–Trinajstić information content (AvgIpc) is 2.10. The minimum atomic E-state index is 0. The normalized spacial score (nSPS) is 10.8. The number of hydrogen-bond acceptors (Lipinski definition) is 1. The average molecular weight is 495 g/mol. The molecule has 0 spiro atoms. The van der Waals surface area contributed by atoms with Gasteiger partial charge in [0.15, 0.2) is 0 Å². The van der Waals surface area contributed by atoms with Crippen molar-refractivity contribution in [3.05, 3.63) is 13.8 Å². The third-order valence-electron chi connectivity index (χ3n) is 1.98. The first kappa shape index (κ1) is 21.0. The fraction of sp³-hybridized carbons (Fsp3) is 0.700. The summed E-state index contributed by atoms with van der Waals surface area (Å²) in [5.74, 6) is 0. The topological polar surface area (TPSA) is 20.3 Å². The van der Waals surface area contributed by atoms with E-state index in [0.29, 0.717) is 0 Å². The van der Waals surface area contributed by atoms with Crippen LogP contribution < -0.4 is 0 Å². The van der Waals surface area contributed by atoms with Crippen LogP contribution in [0.3, 0.4) is 0 Å². The van der Waals surface area contributed by atoms with E-state index in [9.17, 15) is 4.79 Å². The Morgan fingerprint density at radius 1 is 1.36 bits per heavy atom. The number of hydrogen-bond donors (Lipinski definition) is 0. The Hall–Kier alpha value is 1.63. The fourth-order valence-corrected chi connectivity index (χ4v) is 1.00. The zero-order chi connectivity index (χ0) is 9.40. The molecule has 0 aliphatic carbocycles. The summed E-state index contributed by atoms with van der Waals surface area (Å²) in [7, 11) is 1.71. The number of carbonyl (C=O) groups excluding carboxylic acids is 1. The van der Waals surface area contributed by atoms with Crippen LogP contribution in [-0.2, 0) is 37.5 Å². The van der Waals surface area contributed by atoms with Crippen LogP contribution >= 0.6 is 0 Å². The summed E-state index contributed by atoms with van der Waals surface area (Å²) in [5.41, 5.74) is 0. The standard InChI is InChI=1S/C10H18NO.U.Y/c1-4-5-6-7-8-10(2)11(3)9-12;;/h10H,1-2,4-8H2,3H3;;/q-3;+2;/t10-;;/m1../s1. The SMILES string of the molecule is [CH2-]CCCCC[C@@H]([CH2-])N(C)[C-]=O.[U+2].[Y]. The van der Waals surface area contributed by atoms with Crippen LogP contribution in [0, 0.1) is 45.0 Å². The second-order valence-electron chi connectivity index (χ2n) is 3.06. The van der Waals surface area contributed by atoms with Gasteiger partial charge in [-0.05, 0) is 7.05 Å². The molecule has 14 heavy (non-hydrogen) atoms. The first-order chi connectivity index (χ1) is 5.72. The first-order valence-corrected chi connectivity index (χ1v) is 4.45. The number of amides is 1. The maximum Gasteiger partial charge on any atom is 2.00 e. The van der Waals surface area contributed by atoms with Gasteiger partial charge in [-0.25, -0.2) is 0 Å². The summed E-state index contributed by atoms with van der Waals surface area (Å²) >= 11 is 0. The molecule has 1 atom stereocenters. The molecule has 1 radical (unpaired) electrons. The molecule has 0 aliphatic rings. The third-order valence-corrected chi connectivity index (χ3v) is 1.98. The molecular formula is C10H18NOUY-. The van der Waals surface area contributed by atoms with E-state index in [1.807, 2.05) is 6.41 Å². The molecule has 0 aromatic heterocycles. The van der Waals surface area contributed by atoms with E-state index in [1.165, 1.54) is 17.7 Å². The quantitative estimate of drug-likeness (QED) is 0.301. The third kappa shape index (κ3) is 11.7. The summed E-state index contributed by atoms with van der Waals surface area (Å²) in [6.07, 6.45) is 7.25. The summed E-state index contributed by atoms with van der Waals surface area (Å²) < 4.78 is 0. The molecule has 0 aromatic rings. The van der Waals surface area contributed by atoms with Gasteiger partial charge < -0.3 is 23.5 Å². The summed E-state index contributed by atoms with van der Waals surface area (Å²) in [5, 5.41) is 0. The molecule has 0 saturated heterocycles. The van der Waals surface area contributed by atoms with Crippen molar-refractivity contribution >= 4 is 6.41 Å². The molecule has 0 saturated carbocycles. The van der Waals surface area contributed by atoms with E-state index in [1.54, 1.807) is 7.05 Å². The zero-order valence-corrected chi connectivity index (χ0v) is 16.0. The van der Waals surface area contributed by atoms with Crippen molar-refractivity contribution in [2.24, 2.45) is 0 Å². The Kier molecular flexibility index (Phi) is 21.9. The van der Waals surface area contributed by atoms with Crippen molar-refractivity contribution in [2.75, 3.05) is 7.05 Å². The Morgan fingerprint density at radius 2 is 1.93 bits per heavy atom. The van der Waals surface area contributed by atoms with Crippen molar-refractivity contribution in [2.45, 2.75) is 38.1 Å². The largest absolute Gasteiger partial charge is 2.00 e. The molecule has 0 fully saturated rings. The summed E-state index contributed by atoms with van der Waals surface area (Å²) in [4.78, 5) is 11.7. The van der Waals surface area contributed by atoms with E-state index in [2.05, 4.69) is 13.8 Å². The molecule has 0 bridgehead atoms. The summed E-state index contributed by atoms with van der Waals surface area (Å²) in [6, 6.07) is 0.0762. The van der Waals surface area contributed by atoms with Gasteiger partial charge in [0.2, 0.25) is 0 Å². The van der Waals surface area contributed by atoms with Gasteiger partial charge >= 0.3 is 31.1 Å². The number of nitrogens with zero attached hydrogens (tertiary/aromatic N) is 1. The van der Waals surface area contributed by atoms with Crippen LogP contribution in [0.4, 0.5) is 0 Å². The molecule has 0 heterocycles. The molecule has 0 N–H and O–H groups in total.